The van der Waals surface area contributed by atoms with Gasteiger partial charge in [-0.3, -0.25) is 4.68 Å². The minimum absolute atomic E-state index is 0.0971. The first kappa shape index (κ1) is 22.3. The molecule has 0 unspecified atom stereocenters. The van der Waals surface area contributed by atoms with Gasteiger partial charge in [0.1, 0.15) is 0 Å². The second-order valence-corrected chi connectivity index (χ2v) is 7.27. The third-order valence-corrected chi connectivity index (χ3v) is 4.49. The molecule has 0 saturated carbocycles. The van der Waals surface area contributed by atoms with Gasteiger partial charge in [-0.1, -0.05) is 12.1 Å². The molecule has 0 atom stereocenters. The number of amides is 2. The number of nitrogens with zero attached hydrogens (tertiary/aromatic N) is 3. The Labute approximate surface area is 173 Å². The summed E-state index contributed by atoms with van der Waals surface area (Å²) in [4.78, 5) is 16.4. The van der Waals surface area contributed by atoms with Gasteiger partial charge < -0.3 is 21.3 Å². The Bertz CT molecular complexity index is 837. The van der Waals surface area contributed by atoms with Crippen LogP contribution >= 0.6 is 0 Å². The standard InChI is InChI=1S/C21H33N7O/c1-7-22-20(24-13-19-15(4)27-28(6)16(19)5)23-12-17-8-10-18(11-9-17)26-21(29)25-14(2)3/h8-11,14H,7,12-13H2,1-6H3,(H2,22,23,24)(H2,25,26,29). The Morgan fingerprint density at radius 2 is 1.86 bits per heavy atom. The summed E-state index contributed by atoms with van der Waals surface area (Å²) in [7, 11) is 1.95. The quantitative estimate of drug-likeness (QED) is 0.425. The highest BCUT2D eigenvalue weighted by Crippen LogP contribution is 2.12. The van der Waals surface area contributed by atoms with Gasteiger partial charge in [-0.05, 0) is 52.3 Å². The highest BCUT2D eigenvalue weighted by atomic mass is 16.2. The predicted molar refractivity (Wildman–Crippen MR) is 118 cm³/mol. The summed E-state index contributed by atoms with van der Waals surface area (Å²) in [6, 6.07) is 7.59. The van der Waals surface area contributed by atoms with Gasteiger partial charge in [-0.2, -0.15) is 5.10 Å². The average Bonchev–Trinajstić information content (AvgIpc) is 2.90. The molecule has 0 spiro atoms. The van der Waals surface area contributed by atoms with E-state index in [1.54, 1.807) is 0 Å². The molecule has 2 aromatic rings. The van der Waals surface area contributed by atoms with Gasteiger partial charge in [0, 0.05) is 43.1 Å². The number of benzene rings is 1. The molecule has 0 aliphatic rings. The molecule has 1 aromatic heterocycles. The fourth-order valence-electron chi connectivity index (χ4n) is 2.88. The van der Waals surface area contributed by atoms with E-state index < -0.39 is 0 Å². The van der Waals surface area contributed by atoms with Crippen molar-refractivity contribution in [3.05, 3.63) is 46.8 Å². The van der Waals surface area contributed by atoms with E-state index in [0.29, 0.717) is 13.1 Å². The van der Waals surface area contributed by atoms with E-state index in [2.05, 4.69) is 38.3 Å². The maximum atomic E-state index is 11.8. The van der Waals surface area contributed by atoms with E-state index in [-0.39, 0.29) is 12.1 Å². The molecule has 1 heterocycles. The van der Waals surface area contributed by atoms with E-state index in [9.17, 15) is 4.79 Å². The van der Waals surface area contributed by atoms with Gasteiger partial charge in [0.25, 0.3) is 0 Å². The molecule has 0 radical (unpaired) electrons. The first-order valence-electron chi connectivity index (χ1n) is 9.97. The smallest absolute Gasteiger partial charge is 0.319 e. The van der Waals surface area contributed by atoms with Crippen LogP contribution in [0.1, 0.15) is 43.3 Å². The van der Waals surface area contributed by atoms with Crippen LogP contribution in [0.15, 0.2) is 29.3 Å². The predicted octanol–water partition coefficient (Wildman–Crippen LogP) is 2.82. The zero-order valence-electron chi connectivity index (χ0n) is 18.3. The van der Waals surface area contributed by atoms with E-state index >= 15 is 0 Å². The molecule has 0 bridgehead atoms. The number of guanidine groups is 1. The lowest BCUT2D eigenvalue weighted by Gasteiger charge is -2.12. The van der Waals surface area contributed by atoms with Crippen molar-refractivity contribution in [2.45, 2.75) is 53.8 Å². The maximum Gasteiger partial charge on any atom is 0.319 e. The molecule has 0 aliphatic carbocycles. The molecule has 1 aromatic carbocycles. The molecule has 158 valence electrons. The summed E-state index contributed by atoms with van der Waals surface area (Å²) < 4.78 is 1.90. The third-order valence-electron chi connectivity index (χ3n) is 4.49. The number of carbonyl (C=O) groups excluding carboxylic acids is 1. The molecule has 4 N–H and O–H groups in total. The maximum absolute atomic E-state index is 11.8. The number of aliphatic imine (C=N–C) groups is 1. The number of anilines is 1. The lowest BCUT2D eigenvalue weighted by atomic mass is 10.2. The van der Waals surface area contributed by atoms with Crippen LogP contribution in [0.25, 0.3) is 0 Å². The van der Waals surface area contributed by atoms with Gasteiger partial charge >= 0.3 is 6.03 Å². The summed E-state index contributed by atoms with van der Waals surface area (Å²) in [5.41, 5.74) is 5.18. The summed E-state index contributed by atoms with van der Waals surface area (Å²) >= 11 is 0. The number of carbonyl (C=O) groups is 1. The molecule has 29 heavy (non-hydrogen) atoms. The van der Waals surface area contributed by atoms with Crippen LogP contribution in [0.4, 0.5) is 10.5 Å². The number of hydrogen-bond acceptors (Lipinski definition) is 3. The second-order valence-electron chi connectivity index (χ2n) is 7.27. The number of urea groups is 1. The van der Waals surface area contributed by atoms with Crippen LogP contribution in [-0.4, -0.2) is 34.4 Å². The Morgan fingerprint density at radius 3 is 2.41 bits per heavy atom. The van der Waals surface area contributed by atoms with Crippen LogP contribution in [0.3, 0.4) is 0 Å². The van der Waals surface area contributed by atoms with Crippen LogP contribution in [0.2, 0.25) is 0 Å². The Kier molecular flexibility index (Phi) is 8.06. The topological polar surface area (TPSA) is 95.4 Å². The largest absolute Gasteiger partial charge is 0.357 e. The van der Waals surface area contributed by atoms with Crippen LogP contribution in [-0.2, 0) is 20.1 Å². The van der Waals surface area contributed by atoms with Crippen molar-refractivity contribution in [1.82, 2.24) is 25.7 Å². The van der Waals surface area contributed by atoms with Crippen LogP contribution in [0.5, 0.6) is 0 Å². The van der Waals surface area contributed by atoms with Crippen LogP contribution in [0, 0.1) is 13.8 Å². The number of hydrogen-bond donors (Lipinski definition) is 4. The average molecular weight is 400 g/mol. The zero-order valence-corrected chi connectivity index (χ0v) is 18.3. The Hall–Kier alpha value is -3.03. The molecule has 0 fully saturated rings. The number of rotatable bonds is 7. The number of aromatic nitrogens is 2. The summed E-state index contributed by atoms with van der Waals surface area (Å²) in [6.45, 7) is 12.0. The Balaban J connectivity index is 1.96. The summed E-state index contributed by atoms with van der Waals surface area (Å²) in [5, 5.41) is 16.7. The van der Waals surface area contributed by atoms with Gasteiger partial charge in [-0.25, -0.2) is 9.79 Å². The monoisotopic (exact) mass is 399 g/mol. The van der Waals surface area contributed by atoms with Gasteiger partial charge in [-0.15, -0.1) is 0 Å². The van der Waals surface area contributed by atoms with Crippen LogP contribution < -0.4 is 21.3 Å². The summed E-state index contributed by atoms with van der Waals surface area (Å²) in [5.74, 6) is 0.758. The molecule has 8 heteroatoms. The fraction of sp³-hybridized carbons (Fsp3) is 0.476. The minimum atomic E-state index is -0.203. The number of aryl methyl sites for hydroxylation is 2. The molecular weight excluding hydrogens is 366 g/mol. The molecule has 2 amide bonds. The molecule has 0 aliphatic heterocycles. The van der Waals surface area contributed by atoms with Crippen molar-refractivity contribution in [2.24, 2.45) is 12.0 Å². The molecule has 2 rings (SSSR count). The fourth-order valence-corrected chi connectivity index (χ4v) is 2.88. The van der Waals surface area contributed by atoms with Crippen molar-refractivity contribution >= 4 is 17.7 Å². The van der Waals surface area contributed by atoms with Crippen molar-refractivity contribution in [1.29, 1.82) is 0 Å². The number of nitrogens with one attached hydrogen (secondary N) is 4. The summed E-state index contributed by atoms with van der Waals surface area (Å²) in [6.07, 6.45) is 0. The Morgan fingerprint density at radius 1 is 1.17 bits per heavy atom. The molecule has 8 nitrogen and oxygen atoms in total. The SMILES string of the molecule is CCNC(=NCc1ccc(NC(=O)NC(C)C)cc1)NCc1c(C)nn(C)c1C. The third kappa shape index (κ3) is 6.81. The van der Waals surface area contributed by atoms with E-state index in [1.807, 2.05) is 63.7 Å². The minimum Gasteiger partial charge on any atom is -0.357 e. The highest BCUT2D eigenvalue weighted by Gasteiger charge is 2.09. The first-order valence-corrected chi connectivity index (χ1v) is 9.97. The van der Waals surface area contributed by atoms with Gasteiger partial charge in [0.05, 0.1) is 12.2 Å². The molecule has 0 saturated heterocycles. The highest BCUT2D eigenvalue weighted by molar-refractivity contribution is 5.89. The van der Waals surface area contributed by atoms with E-state index in [4.69, 9.17) is 0 Å². The zero-order chi connectivity index (χ0) is 21.4. The first-order chi connectivity index (χ1) is 13.8. The van der Waals surface area contributed by atoms with Gasteiger partial charge in [0.15, 0.2) is 5.96 Å². The second kappa shape index (κ2) is 10.5. The van der Waals surface area contributed by atoms with Gasteiger partial charge in [0.2, 0.25) is 0 Å². The van der Waals surface area contributed by atoms with E-state index in [1.165, 1.54) is 5.56 Å². The normalized spacial score (nSPS) is 11.5. The van der Waals surface area contributed by atoms with E-state index in [0.717, 1.165) is 35.1 Å². The van der Waals surface area contributed by atoms with Crippen molar-refractivity contribution in [3.63, 3.8) is 0 Å². The van der Waals surface area contributed by atoms with Crippen molar-refractivity contribution in [3.8, 4) is 0 Å². The van der Waals surface area contributed by atoms with Crippen molar-refractivity contribution < 1.29 is 4.79 Å². The lowest BCUT2D eigenvalue weighted by molar-refractivity contribution is 0.250. The van der Waals surface area contributed by atoms with Crippen molar-refractivity contribution in [2.75, 3.05) is 11.9 Å². The molecular formula is C21H33N7O. The lowest BCUT2D eigenvalue weighted by Crippen LogP contribution is -2.37.